The van der Waals surface area contributed by atoms with E-state index < -0.39 is 5.79 Å². The number of rotatable bonds is 2. The van der Waals surface area contributed by atoms with E-state index in [0.717, 1.165) is 31.7 Å². The molecule has 0 atom stereocenters. The van der Waals surface area contributed by atoms with Crippen LogP contribution in [-0.2, 0) is 14.3 Å². The smallest absolute Gasteiger partial charge is 0.272 e. The summed E-state index contributed by atoms with van der Waals surface area (Å²) in [6.07, 6.45) is 1.57. The fourth-order valence-corrected chi connectivity index (χ4v) is 4.07. The maximum atomic E-state index is 12.9. The standard InChI is InChI=1S/C19H27N5O4/c1-14-20-16(18(26)24-9-7-22(8-10-24)15(2)25)13-17(21-14)23-5-3-19(4-6-23)27-11-12-28-19/h13H,3-12H2,1-2H3. The highest BCUT2D eigenvalue weighted by Crippen LogP contribution is 2.32. The number of hydrogen-bond donors (Lipinski definition) is 0. The minimum atomic E-state index is -0.437. The topological polar surface area (TPSA) is 88.1 Å². The maximum absolute atomic E-state index is 12.9. The quantitative estimate of drug-likeness (QED) is 0.725. The number of anilines is 1. The molecule has 28 heavy (non-hydrogen) atoms. The van der Waals surface area contributed by atoms with Crippen molar-refractivity contribution in [1.82, 2.24) is 19.8 Å². The Kier molecular flexibility index (Phi) is 5.20. The van der Waals surface area contributed by atoms with E-state index in [1.54, 1.807) is 22.8 Å². The first-order valence-electron chi connectivity index (χ1n) is 9.89. The molecule has 0 aliphatic carbocycles. The van der Waals surface area contributed by atoms with Crippen molar-refractivity contribution in [1.29, 1.82) is 0 Å². The molecule has 4 heterocycles. The first kappa shape index (κ1) is 19.1. The minimum Gasteiger partial charge on any atom is -0.356 e. The van der Waals surface area contributed by atoms with Crippen molar-refractivity contribution in [2.24, 2.45) is 0 Å². The van der Waals surface area contributed by atoms with Gasteiger partial charge in [0.25, 0.3) is 5.91 Å². The summed E-state index contributed by atoms with van der Waals surface area (Å²) < 4.78 is 11.6. The van der Waals surface area contributed by atoms with Crippen LogP contribution in [0.4, 0.5) is 5.82 Å². The highest BCUT2D eigenvalue weighted by Gasteiger charge is 2.40. The number of carbonyl (C=O) groups is 2. The minimum absolute atomic E-state index is 0.0466. The van der Waals surface area contributed by atoms with Crippen LogP contribution in [0.25, 0.3) is 0 Å². The number of amides is 2. The number of aromatic nitrogens is 2. The molecule has 1 aromatic heterocycles. The number of piperidine rings is 1. The molecule has 3 aliphatic rings. The average Bonchev–Trinajstić information content (AvgIpc) is 3.15. The Morgan fingerprint density at radius 1 is 0.964 bits per heavy atom. The van der Waals surface area contributed by atoms with Gasteiger partial charge in [0.05, 0.1) is 13.2 Å². The molecule has 0 saturated carbocycles. The molecular formula is C19H27N5O4. The lowest BCUT2D eigenvalue weighted by molar-refractivity contribution is -0.169. The molecule has 0 unspecified atom stereocenters. The number of piperazine rings is 1. The van der Waals surface area contributed by atoms with Gasteiger partial charge in [0.2, 0.25) is 5.91 Å². The second kappa shape index (κ2) is 7.63. The van der Waals surface area contributed by atoms with Gasteiger partial charge in [-0.25, -0.2) is 9.97 Å². The van der Waals surface area contributed by atoms with E-state index in [-0.39, 0.29) is 11.8 Å². The Bertz CT molecular complexity index is 747. The van der Waals surface area contributed by atoms with Gasteiger partial charge in [-0.1, -0.05) is 0 Å². The molecule has 0 bridgehead atoms. The normalized spacial score (nSPS) is 22.0. The molecule has 2 amide bonds. The monoisotopic (exact) mass is 389 g/mol. The Morgan fingerprint density at radius 3 is 2.18 bits per heavy atom. The lowest BCUT2D eigenvalue weighted by Crippen LogP contribution is -2.50. The Hall–Kier alpha value is -2.26. The molecule has 1 aromatic rings. The molecule has 3 fully saturated rings. The molecule has 4 rings (SSSR count). The summed E-state index contributed by atoms with van der Waals surface area (Å²) in [5.74, 6) is 0.854. The Labute approximate surface area is 164 Å². The van der Waals surface area contributed by atoms with E-state index in [1.165, 1.54) is 0 Å². The molecule has 9 nitrogen and oxygen atoms in total. The van der Waals surface area contributed by atoms with Gasteiger partial charge in [-0.3, -0.25) is 9.59 Å². The maximum Gasteiger partial charge on any atom is 0.272 e. The van der Waals surface area contributed by atoms with Crippen LogP contribution in [-0.4, -0.2) is 89.9 Å². The number of nitrogens with zero attached hydrogens (tertiary/aromatic N) is 5. The molecule has 3 saturated heterocycles. The van der Waals surface area contributed by atoms with Gasteiger partial charge in [-0.2, -0.15) is 0 Å². The largest absolute Gasteiger partial charge is 0.356 e. The first-order chi connectivity index (χ1) is 13.5. The van der Waals surface area contributed by atoms with Crippen LogP contribution in [0.1, 0.15) is 36.1 Å². The van der Waals surface area contributed by atoms with Crippen LogP contribution in [0.3, 0.4) is 0 Å². The molecule has 0 aromatic carbocycles. The van der Waals surface area contributed by atoms with Crippen molar-refractivity contribution in [3.63, 3.8) is 0 Å². The lowest BCUT2D eigenvalue weighted by Gasteiger charge is -2.38. The zero-order valence-electron chi connectivity index (χ0n) is 16.5. The third-order valence-corrected chi connectivity index (χ3v) is 5.72. The predicted octanol–water partition coefficient (Wildman–Crippen LogP) is 0.433. The number of aryl methyl sites for hydroxylation is 1. The van der Waals surface area contributed by atoms with E-state index in [4.69, 9.17) is 9.47 Å². The molecule has 9 heteroatoms. The van der Waals surface area contributed by atoms with E-state index in [2.05, 4.69) is 14.9 Å². The van der Waals surface area contributed by atoms with Crippen LogP contribution >= 0.6 is 0 Å². The fraction of sp³-hybridized carbons (Fsp3) is 0.684. The van der Waals surface area contributed by atoms with Crippen molar-refractivity contribution in [2.45, 2.75) is 32.5 Å². The average molecular weight is 389 g/mol. The van der Waals surface area contributed by atoms with Gasteiger partial charge in [0, 0.05) is 65.1 Å². The highest BCUT2D eigenvalue weighted by atomic mass is 16.7. The zero-order valence-corrected chi connectivity index (χ0v) is 16.5. The highest BCUT2D eigenvalue weighted by molar-refractivity contribution is 5.93. The summed E-state index contributed by atoms with van der Waals surface area (Å²) in [5, 5.41) is 0. The molecule has 3 aliphatic heterocycles. The van der Waals surface area contributed by atoms with Crippen molar-refractivity contribution >= 4 is 17.6 Å². The second-order valence-electron chi connectivity index (χ2n) is 7.55. The number of carbonyl (C=O) groups excluding carboxylic acids is 2. The van der Waals surface area contributed by atoms with Crippen LogP contribution in [0.15, 0.2) is 6.07 Å². The molecular weight excluding hydrogens is 362 g/mol. The van der Waals surface area contributed by atoms with Crippen LogP contribution in [0, 0.1) is 6.92 Å². The van der Waals surface area contributed by atoms with E-state index >= 15 is 0 Å². The van der Waals surface area contributed by atoms with Crippen LogP contribution < -0.4 is 4.90 Å². The molecule has 0 N–H and O–H groups in total. The van der Waals surface area contributed by atoms with Gasteiger partial charge in [0.1, 0.15) is 17.3 Å². The summed E-state index contributed by atoms with van der Waals surface area (Å²) >= 11 is 0. The SMILES string of the molecule is CC(=O)N1CCN(C(=O)c2cc(N3CCC4(CC3)OCCO4)nc(C)n2)CC1. The van der Waals surface area contributed by atoms with Crippen molar-refractivity contribution in [2.75, 3.05) is 57.4 Å². The second-order valence-corrected chi connectivity index (χ2v) is 7.55. The number of hydrogen-bond acceptors (Lipinski definition) is 7. The summed E-state index contributed by atoms with van der Waals surface area (Å²) in [5.41, 5.74) is 0.410. The first-order valence-corrected chi connectivity index (χ1v) is 9.89. The molecule has 1 spiro atoms. The summed E-state index contributed by atoms with van der Waals surface area (Å²) in [6.45, 7) is 8.38. The van der Waals surface area contributed by atoms with Gasteiger partial charge in [0.15, 0.2) is 5.79 Å². The van der Waals surface area contributed by atoms with Crippen molar-refractivity contribution in [3.05, 3.63) is 17.6 Å². The van der Waals surface area contributed by atoms with Gasteiger partial charge in [-0.15, -0.1) is 0 Å². The lowest BCUT2D eigenvalue weighted by atomic mass is 10.0. The summed E-state index contributed by atoms with van der Waals surface area (Å²) in [4.78, 5) is 39.0. The molecule has 0 radical (unpaired) electrons. The van der Waals surface area contributed by atoms with Crippen LogP contribution in [0.2, 0.25) is 0 Å². The van der Waals surface area contributed by atoms with Gasteiger partial charge >= 0.3 is 0 Å². The summed E-state index contributed by atoms with van der Waals surface area (Å²) in [7, 11) is 0. The Balaban J connectivity index is 1.44. The fourth-order valence-electron chi connectivity index (χ4n) is 4.07. The predicted molar refractivity (Wildman–Crippen MR) is 101 cm³/mol. The van der Waals surface area contributed by atoms with E-state index in [0.29, 0.717) is 50.9 Å². The van der Waals surface area contributed by atoms with E-state index in [9.17, 15) is 9.59 Å². The van der Waals surface area contributed by atoms with Gasteiger partial charge in [-0.05, 0) is 6.92 Å². The van der Waals surface area contributed by atoms with Crippen molar-refractivity contribution < 1.29 is 19.1 Å². The van der Waals surface area contributed by atoms with Gasteiger partial charge < -0.3 is 24.2 Å². The third-order valence-electron chi connectivity index (χ3n) is 5.72. The summed E-state index contributed by atoms with van der Waals surface area (Å²) in [6, 6.07) is 1.78. The number of ether oxygens (including phenoxy) is 2. The molecule has 152 valence electrons. The van der Waals surface area contributed by atoms with E-state index in [1.807, 2.05) is 6.92 Å². The zero-order chi connectivity index (χ0) is 19.7. The van der Waals surface area contributed by atoms with Crippen LogP contribution in [0.5, 0.6) is 0 Å². The van der Waals surface area contributed by atoms with Crippen molar-refractivity contribution in [3.8, 4) is 0 Å². The Morgan fingerprint density at radius 2 is 1.57 bits per heavy atom. The third kappa shape index (κ3) is 3.81.